The zero-order chi connectivity index (χ0) is 11.5. The monoisotopic (exact) mass is 220 g/mol. The number of anilines is 1. The number of benzene rings is 1. The maximum atomic E-state index is 9.43. The number of nitrogen functional groups attached to an aromatic ring is 1. The molecule has 0 atom stereocenters. The standard InChI is InChI=1S/C13H20N2O/c1-10-4-6-15(7-5-10)9-11-8-12(16)2-3-13(11)14/h2-3,8,10,16H,4-7,9,14H2,1H3. The van der Waals surface area contributed by atoms with Crippen molar-refractivity contribution in [1.29, 1.82) is 0 Å². The fourth-order valence-corrected chi connectivity index (χ4v) is 2.19. The van der Waals surface area contributed by atoms with Crippen molar-refractivity contribution < 1.29 is 5.11 Å². The van der Waals surface area contributed by atoms with Crippen LogP contribution in [0.2, 0.25) is 0 Å². The van der Waals surface area contributed by atoms with Gasteiger partial charge in [-0.1, -0.05) is 6.92 Å². The van der Waals surface area contributed by atoms with Crippen molar-refractivity contribution in [2.75, 3.05) is 18.8 Å². The van der Waals surface area contributed by atoms with E-state index in [1.54, 1.807) is 18.2 Å². The molecular weight excluding hydrogens is 200 g/mol. The van der Waals surface area contributed by atoms with E-state index in [2.05, 4.69) is 11.8 Å². The Hall–Kier alpha value is -1.22. The quantitative estimate of drug-likeness (QED) is 0.593. The number of likely N-dealkylation sites (tertiary alicyclic amines) is 1. The first-order valence-electron chi connectivity index (χ1n) is 5.95. The minimum Gasteiger partial charge on any atom is -0.508 e. The first-order valence-corrected chi connectivity index (χ1v) is 5.95. The highest BCUT2D eigenvalue weighted by molar-refractivity contribution is 5.50. The summed E-state index contributed by atoms with van der Waals surface area (Å²) >= 11 is 0. The van der Waals surface area contributed by atoms with Crippen LogP contribution in [0.1, 0.15) is 25.3 Å². The van der Waals surface area contributed by atoms with Crippen LogP contribution >= 0.6 is 0 Å². The minimum absolute atomic E-state index is 0.301. The largest absolute Gasteiger partial charge is 0.508 e. The molecule has 3 heteroatoms. The summed E-state index contributed by atoms with van der Waals surface area (Å²) in [7, 11) is 0. The summed E-state index contributed by atoms with van der Waals surface area (Å²) in [5.74, 6) is 1.15. The SMILES string of the molecule is CC1CCN(Cc2cc(O)ccc2N)CC1. The maximum Gasteiger partial charge on any atom is 0.116 e. The normalized spacial score (nSPS) is 18.8. The van der Waals surface area contributed by atoms with E-state index in [0.717, 1.165) is 36.8 Å². The van der Waals surface area contributed by atoms with E-state index < -0.39 is 0 Å². The van der Waals surface area contributed by atoms with Crippen molar-refractivity contribution in [3.63, 3.8) is 0 Å². The van der Waals surface area contributed by atoms with Gasteiger partial charge in [0.05, 0.1) is 0 Å². The second kappa shape index (κ2) is 4.74. The highest BCUT2D eigenvalue weighted by atomic mass is 16.3. The maximum absolute atomic E-state index is 9.43. The van der Waals surface area contributed by atoms with E-state index in [9.17, 15) is 5.11 Å². The summed E-state index contributed by atoms with van der Waals surface area (Å²) in [4.78, 5) is 2.41. The zero-order valence-corrected chi connectivity index (χ0v) is 9.82. The fraction of sp³-hybridized carbons (Fsp3) is 0.538. The van der Waals surface area contributed by atoms with Crippen molar-refractivity contribution in [3.8, 4) is 5.75 Å². The molecule has 1 saturated heterocycles. The lowest BCUT2D eigenvalue weighted by Crippen LogP contribution is -2.32. The van der Waals surface area contributed by atoms with Crippen LogP contribution < -0.4 is 5.73 Å². The van der Waals surface area contributed by atoms with Gasteiger partial charge in [0.1, 0.15) is 5.75 Å². The molecule has 88 valence electrons. The van der Waals surface area contributed by atoms with Gasteiger partial charge in [-0.2, -0.15) is 0 Å². The third kappa shape index (κ3) is 2.67. The van der Waals surface area contributed by atoms with Crippen molar-refractivity contribution in [3.05, 3.63) is 23.8 Å². The molecule has 1 aromatic rings. The summed E-state index contributed by atoms with van der Waals surface area (Å²) in [6.45, 7) is 5.43. The number of rotatable bonds is 2. The molecule has 1 aromatic carbocycles. The van der Waals surface area contributed by atoms with Crippen LogP contribution in [0.3, 0.4) is 0 Å². The molecule has 0 aromatic heterocycles. The van der Waals surface area contributed by atoms with Crippen LogP contribution in [0, 0.1) is 5.92 Å². The average Bonchev–Trinajstić information content (AvgIpc) is 2.27. The fourth-order valence-electron chi connectivity index (χ4n) is 2.19. The van der Waals surface area contributed by atoms with Crippen molar-refractivity contribution in [1.82, 2.24) is 4.90 Å². The van der Waals surface area contributed by atoms with Gasteiger partial charge in [-0.15, -0.1) is 0 Å². The Morgan fingerprint density at radius 1 is 1.38 bits per heavy atom. The first kappa shape index (κ1) is 11.3. The van der Waals surface area contributed by atoms with E-state index in [-0.39, 0.29) is 0 Å². The molecule has 1 aliphatic rings. The van der Waals surface area contributed by atoms with Gasteiger partial charge >= 0.3 is 0 Å². The Morgan fingerprint density at radius 3 is 2.75 bits per heavy atom. The van der Waals surface area contributed by atoms with Crippen LogP contribution in [0.15, 0.2) is 18.2 Å². The van der Waals surface area contributed by atoms with Crippen LogP contribution in [-0.4, -0.2) is 23.1 Å². The summed E-state index contributed by atoms with van der Waals surface area (Å²) in [5.41, 5.74) is 7.71. The highest BCUT2D eigenvalue weighted by Gasteiger charge is 2.16. The van der Waals surface area contributed by atoms with Crippen LogP contribution in [-0.2, 0) is 6.54 Å². The molecule has 1 fully saturated rings. The van der Waals surface area contributed by atoms with Crippen molar-refractivity contribution in [2.45, 2.75) is 26.3 Å². The molecule has 0 spiro atoms. The van der Waals surface area contributed by atoms with Crippen LogP contribution in [0.5, 0.6) is 5.75 Å². The number of phenolic OH excluding ortho intramolecular Hbond substituents is 1. The number of aromatic hydroxyl groups is 1. The highest BCUT2D eigenvalue weighted by Crippen LogP contribution is 2.23. The summed E-state index contributed by atoms with van der Waals surface area (Å²) in [6.07, 6.45) is 2.53. The molecule has 16 heavy (non-hydrogen) atoms. The molecule has 0 saturated carbocycles. The zero-order valence-electron chi connectivity index (χ0n) is 9.82. The number of piperidine rings is 1. The summed E-state index contributed by atoms with van der Waals surface area (Å²) < 4.78 is 0. The third-order valence-electron chi connectivity index (χ3n) is 3.40. The Labute approximate surface area is 96.9 Å². The molecular formula is C13H20N2O. The second-order valence-corrected chi connectivity index (χ2v) is 4.84. The second-order valence-electron chi connectivity index (χ2n) is 4.84. The summed E-state index contributed by atoms with van der Waals surface area (Å²) in [5, 5.41) is 9.43. The van der Waals surface area contributed by atoms with Crippen molar-refractivity contribution in [2.24, 2.45) is 5.92 Å². The van der Waals surface area contributed by atoms with Crippen molar-refractivity contribution >= 4 is 5.69 Å². The minimum atomic E-state index is 0.301. The number of hydrogen-bond donors (Lipinski definition) is 2. The van der Waals surface area contributed by atoms with E-state index in [0.29, 0.717) is 5.75 Å². The Morgan fingerprint density at radius 2 is 2.06 bits per heavy atom. The van der Waals surface area contributed by atoms with Crippen LogP contribution in [0.25, 0.3) is 0 Å². The van der Waals surface area contributed by atoms with Gasteiger partial charge in [0.25, 0.3) is 0 Å². The molecule has 0 aliphatic carbocycles. The molecule has 0 radical (unpaired) electrons. The molecule has 2 rings (SSSR count). The Balaban J connectivity index is 2.00. The van der Waals surface area contributed by atoms with E-state index in [4.69, 9.17) is 5.73 Å². The van der Waals surface area contributed by atoms with Gasteiger partial charge in [-0.3, -0.25) is 4.90 Å². The predicted molar refractivity (Wildman–Crippen MR) is 66.2 cm³/mol. The van der Waals surface area contributed by atoms with Gasteiger partial charge in [-0.05, 0) is 55.6 Å². The number of nitrogens with zero attached hydrogens (tertiary/aromatic N) is 1. The topological polar surface area (TPSA) is 49.5 Å². The number of phenols is 1. The van der Waals surface area contributed by atoms with Gasteiger partial charge in [0.15, 0.2) is 0 Å². The lowest BCUT2D eigenvalue weighted by atomic mass is 9.98. The first-order chi connectivity index (χ1) is 7.65. The van der Waals surface area contributed by atoms with Gasteiger partial charge in [0, 0.05) is 12.2 Å². The average molecular weight is 220 g/mol. The van der Waals surface area contributed by atoms with E-state index >= 15 is 0 Å². The van der Waals surface area contributed by atoms with Gasteiger partial charge in [0.2, 0.25) is 0 Å². The molecule has 1 aliphatic heterocycles. The van der Waals surface area contributed by atoms with Crippen LogP contribution in [0.4, 0.5) is 5.69 Å². The molecule has 3 N–H and O–H groups in total. The Bertz CT molecular complexity index is 357. The lowest BCUT2D eigenvalue weighted by Gasteiger charge is -2.30. The lowest BCUT2D eigenvalue weighted by molar-refractivity contribution is 0.185. The molecule has 0 amide bonds. The van der Waals surface area contributed by atoms with E-state index in [1.165, 1.54) is 12.8 Å². The predicted octanol–water partition coefficient (Wildman–Crippen LogP) is 2.21. The third-order valence-corrected chi connectivity index (χ3v) is 3.40. The smallest absolute Gasteiger partial charge is 0.116 e. The number of hydrogen-bond acceptors (Lipinski definition) is 3. The Kier molecular flexibility index (Phi) is 3.34. The summed E-state index contributed by atoms with van der Waals surface area (Å²) in [6, 6.07) is 5.18. The number of nitrogens with two attached hydrogens (primary N) is 1. The van der Waals surface area contributed by atoms with Gasteiger partial charge in [-0.25, -0.2) is 0 Å². The molecule has 3 nitrogen and oxygen atoms in total. The molecule has 0 bridgehead atoms. The molecule has 1 heterocycles. The van der Waals surface area contributed by atoms with Gasteiger partial charge < -0.3 is 10.8 Å². The van der Waals surface area contributed by atoms with E-state index in [1.807, 2.05) is 0 Å². The molecule has 0 unspecified atom stereocenters.